The summed E-state index contributed by atoms with van der Waals surface area (Å²) in [5.41, 5.74) is 1.37. The quantitative estimate of drug-likeness (QED) is 0.709. The first-order chi connectivity index (χ1) is 14.6. The number of aliphatic imine (C=N–C) groups is 1. The summed E-state index contributed by atoms with van der Waals surface area (Å²) in [6.45, 7) is 0. The summed E-state index contributed by atoms with van der Waals surface area (Å²) in [6.07, 6.45) is -4.78. The summed E-state index contributed by atoms with van der Waals surface area (Å²) >= 11 is 1.39. The fraction of sp³-hybridized carbons (Fsp3) is 0.263. The molecule has 164 valence electrons. The predicted octanol–water partition coefficient (Wildman–Crippen LogP) is 3.52. The molecule has 0 spiro atoms. The van der Waals surface area contributed by atoms with Crippen molar-refractivity contribution in [3.05, 3.63) is 54.1 Å². The van der Waals surface area contributed by atoms with Gasteiger partial charge in [-0.25, -0.2) is 8.42 Å². The number of hydrogen-bond donors (Lipinski definition) is 2. The van der Waals surface area contributed by atoms with Crippen LogP contribution in [0.4, 0.5) is 24.5 Å². The van der Waals surface area contributed by atoms with Crippen LogP contribution >= 0.6 is 11.8 Å². The molecule has 2 heterocycles. The Bertz CT molecular complexity index is 1120. The van der Waals surface area contributed by atoms with Gasteiger partial charge in [-0.2, -0.15) is 0 Å². The fourth-order valence-electron chi connectivity index (χ4n) is 3.19. The molecule has 31 heavy (non-hydrogen) atoms. The van der Waals surface area contributed by atoms with Crippen molar-refractivity contribution in [3.8, 4) is 5.75 Å². The number of hydrogen-bond acceptors (Lipinski definition) is 7. The van der Waals surface area contributed by atoms with Crippen molar-refractivity contribution in [1.82, 2.24) is 0 Å². The van der Waals surface area contributed by atoms with Crippen molar-refractivity contribution in [2.45, 2.75) is 17.7 Å². The van der Waals surface area contributed by atoms with E-state index in [0.717, 1.165) is 12.1 Å². The summed E-state index contributed by atoms with van der Waals surface area (Å²) in [5.74, 6) is -0.615. The minimum Gasteiger partial charge on any atom is -0.406 e. The van der Waals surface area contributed by atoms with Crippen LogP contribution in [0.5, 0.6) is 5.75 Å². The SMILES string of the molecule is O=C(Nc1ccc(OC(F)(F)F)cc1)c1ccc(NC2=N[C@H]3CS(=O)(=O)C[C@H]3S2)cc1. The highest BCUT2D eigenvalue weighted by Gasteiger charge is 2.42. The third-order valence-corrected chi connectivity index (χ3v) is 7.70. The van der Waals surface area contributed by atoms with Gasteiger partial charge in [-0.05, 0) is 48.5 Å². The minimum absolute atomic E-state index is 0.0644. The van der Waals surface area contributed by atoms with Gasteiger partial charge in [0, 0.05) is 22.2 Å². The number of thioether (sulfide) groups is 1. The molecule has 0 bridgehead atoms. The number of anilines is 2. The third-order valence-electron chi connectivity index (χ3n) is 4.56. The number of nitrogens with one attached hydrogen (secondary N) is 2. The van der Waals surface area contributed by atoms with Crippen LogP contribution in [0.25, 0.3) is 0 Å². The van der Waals surface area contributed by atoms with Crippen LogP contribution in [-0.4, -0.2) is 48.7 Å². The van der Waals surface area contributed by atoms with Gasteiger partial charge in [0.15, 0.2) is 15.0 Å². The molecule has 7 nitrogen and oxygen atoms in total. The molecule has 2 atom stereocenters. The van der Waals surface area contributed by atoms with Crippen molar-refractivity contribution >= 4 is 44.0 Å². The van der Waals surface area contributed by atoms with E-state index in [1.54, 1.807) is 24.3 Å². The smallest absolute Gasteiger partial charge is 0.406 e. The second kappa shape index (κ2) is 8.08. The third kappa shape index (κ3) is 5.50. The number of amides is 1. The molecule has 1 fully saturated rings. The predicted molar refractivity (Wildman–Crippen MR) is 112 cm³/mol. The van der Waals surface area contributed by atoms with E-state index >= 15 is 0 Å². The summed E-state index contributed by atoms with van der Waals surface area (Å²) in [6, 6.07) is 11.1. The van der Waals surface area contributed by atoms with Crippen molar-refractivity contribution in [2.75, 3.05) is 22.1 Å². The molecule has 1 amide bonds. The van der Waals surface area contributed by atoms with E-state index in [1.165, 1.54) is 23.9 Å². The zero-order valence-corrected chi connectivity index (χ0v) is 17.4. The zero-order valence-electron chi connectivity index (χ0n) is 15.7. The Labute approximate surface area is 180 Å². The Morgan fingerprint density at radius 1 is 1.03 bits per heavy atom. The van der Waals surface area contributed by atoms with Gasteiger partial charge in [-0.1, -0.05) is 11.8 Å². The number of alkyl halides is 3. The number of sulfone groups is 1. The average molecular weight is 471 g/mol. The van der Waals surface area contributed by atoms with Crippen LogP contribution in [0, 0.1) is 0 Å². The van der Waals surface area contributed by atoms with Crippen molar-refractivity contribution < 1.29 is 31.1 Å². The topological polar surface area (TPSA) is 96.9 Å². The van der Waals surface area contributed by atoms with Crippen LogP contribution in [0.3, 0.4) is 0 Å². The lowest BCUT2D eigenvalue weighted by Gasteiger charge is -2.10. The molecule has 4 rings (SSSR count). The monoisotopic (exact) mass is 471 g/mol. The highest BCUT2D eigenvalue weighted by Crippen LogP contribution is 2.34. The Hall–Kier alpha value is -2.73. The van der Waals surface area contributed by atoms with Crippen LogP contribution in [0.2, 0.25) is 0 Å². The van der Waals surface area contributed by atoms with E-state index in [1.807, 2.05) is 0 Å². The van der Waals surface area contributed by atoms with E-state index in [4.69, 9.17) is 0 Å². The van der Waals surface area contributed by atoms with Gasteiger partial charge >= 0.3 is 6.36 Å². The molecular weight excluding hydrogens is 455 g/mol. The van der Waals surface area contributed by atoms with E-state index in [9.17, 15) is 26.4 Å². The highest BCUT2D eigenvalue weighted by atomic mass is 32.2. The van der Waals surface area contributed by atoms with Gasteiger partial charge in [0.1, 0.15) is 5.75 Å². The largest absolute Gasteiger partial charge is 0.573 e. The Kier molecular flexibility index (Phi) is 5.60. The Morgan fingerprint density at radius 3 is 2.29 bits per heavy atom. The number of halogens is 3. The molecular formula is C19H16F3N3O4S2. The fourth-order valence-corrected chi connectivity index (χ4v) is 6.86. The second-order valence-electron chi connectivity index (χ2n) is 6.96. The Morgan fingerprint density at radius 2 is 1.68 bits per heavy atom. The highest BCUT2D eigenvalue weighted by molar-refractivity contribution is 8.15. The molecule has 0 aliphatic carbocycles. The number of fused-ring (bicyclic) bond motifs is 1. The molecule has 0 radical (unpaired) electrons. The maximum absolute atomic E-state index is 12.3. The van der Waals surface area contributed by atoms with E-state index < -0.39 is 22.1 Å². The first-order valence-corrected chi connectivity index (χ1v) is 11.8. The van der Waals surface area contributed by atoms with Gasteiger partial charge < -0.3 is 15.4 Å². The summed E-state index contributed by atoms with van der Waals surface area (Å²) < 4.78 is 63.6. The number of amidine groups is 1. The van der Waals surface area contributed by atoms with E-state index in [-0.39, 0.29) is 28.5 Å². The Balaban J connectivity index is 1.33. The summed E-state index contributed by atoms with van der Waals surface area (Å²) in [4.78, 5) is 16.8. The normalized spacial score (nSPS) is 21.8. The molecule has 12 heteroatoms. The molecule has 1 saturated heterocycles. The van der Waals surface area contributed by atoms with Gasteiger partial charge in [-0.3, -0.25) is 9.79 Å². The lowest BCUT2D eigenvalue weighted by molar-refractivity contribution is -0.274. The first kappa shape index (κ1) is 21.5. The van der Waals surface area contributed by atoms with Gasteiger partial charge in [0.05, 0.1) is 17.5 Å². The number of carbonyl (C=O) groups excluding carboxylic acids is 1. The first-order valence-electron chi connectivity index (χ1n) is 9.05. The van der Waals surface area contributed by atoms with Crippen LogP contribution < -0.4 is 15.4 Å². The molecule has 0 unspecified atom stereocenters. The molecule has 2 aliphatic heterocycles. The van der Waals surface area contributed by atoms with Crippen molar-refractivity contribution in [1.29, 1.82) is 0 Å². The van der Waals surface area contributed by atoms with E-state index in [0.29, 0.717) is 22.1 Å². The number of nitrogens with zero attached hydrogens (tertiary/aromatic N) is 1. The average Bonchev–Trinajstić information content (AvgIpc) is 3.15. The second-order valence-corrected chi connectivity index (χ2v) is 10.3. The van der Waals surface area contributed by atoms with Crippen LogP contribution in [0.15, 0.2) is 53.5 Å². The number of carbonyl (C=O) groups is 1. The number of rotatable bonds is 4. The van der Waals surface area contributed by atoms with Crippen LogP contribution in [0.1, 0.15) is 10.4 Å². The molecule has 0 saturated carbocycles. The van der Waals surface area contributed by atoms with Gasteiger partial charge in [-0.15, -0.1) is 13.2 Å². The van der Waals surface area contributed by atoms with Crippen molar-refractivity contribution in [2.24, 2.45) is 4.99 Å². The summed E-state index contributed by atoms with van der Waals surface area (Å²) in [5, 5.41) is 6.29. The summed E-state index contributed by atoms with van der Waals surface area (Å²) in [7, 11) is -3.01. The maximum atomic E-state index is 12.3. The van der Waals surface area contributed by atoms with Crippen LogP contribution in [-0.2, 0) is 9.84 Å². The number of benzene rings is 2. The standard InChI is InChI=1S/C19H16F3N3O4S2/c20-19(21,22)29-14-7-5-12(6-8-14)23-17(26)11-1-3-13(4-2-11)24-18-25-15-9-31(27,28)10-16(15)30-18/h1-8,15-16H,9-10H2,(H,23,26)(H,24,25)/t15-,16+/m0/s1. The zero-order chi connectivity index (χ0) is 22.2. The lowest BCUT2D eigenvalue weighted by atomic mass is 10.2. The van der Waals surface area contributed by atoms with E-state index in [2.05, 4.69) is 20.4 Å². The van der Waals surface area contributed by atoms with Gasteiger partial charge in [0.2, 0.25) is 0 Å². The number of ether oxygens (including phenoxy) is 1. The van der Waals surface area contributed by atoms with Crippen molar-refractivity contribution in [3.63, 3.8) is 0 Å². The van der Waals surface area contributed by atoms with Gasteiger partial charge in [0.25, 0.3) is 5.91 Å². The molecule has 2 aliphatic rings. The molecule has 0 aromatic heterocycles. The lowest BCUT2D eigenvalue weighted by Crippen LogP contribution is -2.17. The maximum Gasteiger partial charge on any atom is 0.573 e. The molecule has 2 aromatic rings. The molecule has 2 aromatic carbocycles. The molecule has 2 N–H and O–H groups in total. The minimum atomic E-state index is -4.78.